The highest BCUT2D eigenvalue weighted by Crippen LogP contribution is 2.45. The van der Waals surface area contributed by atoms with Crippen molar-refractivity contribution in [2.24, 2.45) is 0 Å². The maximum Gasteiger partial charge on any atom is 0.120 e. The van der Waals surface area contributed by atoms with E-state index in [-0.39, 0.29) is 5.41 Å². The normalized spacial score (nSPS) is 15.6. The molecule has 0 amide bonds. The molecule has 0 radical (unpaired) electrons. The first-order chi connectivity index (χ1) is 11.0. The molecule has 2 N–H and O–H groups in total. The number of methoxy groups -OCH3 is 2. The second-order valence-corrected chi connectivity index (χ2v) is 6.42. The number of rotatable bonds is 3. The van der Waals surface area contributed by atoms with E-state index in [1.807, 2.05) is 18.2 Å². The Morgan fingerprint density at radius 2 is 1.61 bits per heavy atom. The van der Waals surface area contributed by atoms with Crippen molar-refractivity contribution in [3.63, 3.8) is 0 Å². The van der Waals surface area contributed by atoms with Gasteiger partial charge in [-0.3, -0.25) is 0 Å². The van der Waals surface area contributed by atoms with Gasteiger partial charge in [0.1, 0.15) is 11.5 Å². The molecular weight excluding hydrogens is 286 g/mol. The van der Waals surface area contributed by atoms with Crippen molar-refractivity contribution in [3.8, 4) is 11.5 Å². The van der Waals surface area contributed by atoms with E-state index in [2.05, 4.69) is 38.1 Å². The number of ether oxygens (including phenoxy) is 2. The SMILES string of the molecule is COc1ccc(C2=CCc3cc(OC)ccc3C2(C)C)c(N)c1. The lowest BCUT2D eigenvalue weighted by Crippen LogP contribution is -2.25. The van der Waals surface area contributed by atoms with E-state index >= 15 is 0 Å². The number of benzene rings is 2. The van der Waals surface area contributed by atoms with Gasteiger partial charge < -0.3 is 15.2 Å². The highest BCUT2D eigenvalue weighted by Gasteiger charge is 2.32. The quantitative estimate of drug-likeness (QED) is 0.864. The van der Waals surface area contributed by atoms with Crippen LogP contribution in [0.3, 0.4) is 0 Å². The molecule has 1 aliphatic carbocycles. The fraction of sp³-hybridized carbons (Fsp3) is 0.300. The predicted octanol–water partition coefficient (Wildman–Crippen LogP) is 4.20. The standard InChI is InChI=1S/C20H23NO2/c1-20(2)17-10-7-14(22-3)11-13(17)5-9-18(20)16-8-6-15(23-4)12-19(16)21/h6-12H,5,21H2,1-4H3. The van der Waals surface area contributed by atoms with Gasteiger partial charge in [0.25, 0.3) is 0 Å². The van der Waals surface area contributed by atoms with Crippen LogP contribution in [0.2, 0.25) is 0 Å². The van der Waals surface area contributed by atoms with Gasteiger partial charge in [0.2, 0.25) is 0 Å². The third-order valence-electron chi connectivity index (χ3n) is 4.73. The zero-order valence-electron chi connectivity index (χ0n) is 14.1. The van der Waals surface area contributed by atoms with E-state index in [9.17, 15) is 0 Å². The van der Waals surface area contributed by atoms with E-state index in [4.69, 9.17) is 15.2 Å². The summed E-state index contributed by atoms with van der Waals surface area (Å²) in [6.45, 7) is 4.49. The molecule has 0 spiro atoms. The lowest BCUT2D eigenvalue weighted by atomic mass is 9.69. The Kier molecular flexibility index (Phi) is 3.80. The van der Waals surface area contributed by atoms with E-state index in [1.54, 1.807) is 14.2 Å². The Hall–Kier alpha value is -2.42. The van der Waals surface area contributed by atoms with Gasteiger partial charge in [-0.25, -0.2) is 0 Å². The molecule has 3 heteroatoms. The molecule has 120 valence electrons. The molecule has 0 saturated carbocycles. The molecule has 2 aromatic rings. The minimum absolute atomic E-state index is 0.109. The van der Waals surface area contributed by atoms with Gasteiger partial charge in [-0.15, -0.1) is 0 Å². The monoisotopic (exact) mass is 309 g/mol. The first kappa shape index (κ1) is 15.5. The summed E-state index contributed by atoms with van der Waals surface area (Å²) in [7, 11) is 3.36. The Morgan fingerprint density at radius 1 is 0.957 bits per heavy atom. The van der Waals surface area contributed by atoms with Crippen LogP contribution in [-0.2, 0) is 11.8 Å². The van der Waals surface area contributed by atoms with Crippen molar-refractivity contribution < 1.29 is 9.47 Å². The molecule has 0 aromatic heterocycles. The van der Waals surface area contributed by atoms with Crippen molar-refractivity contribution in [2.75, 3.05) is 20.0 Å². The molecule has 0 atom stereocenters. The Morgan fingerprint density at radius 3 is 2.26 bits per heavy atom. The fourth-order valence-electron chi connectivity index (χ4n) is 3.45. The zero-order chi connectivity index (χ0) is 16.6. The molecule has 0 bridgehead atoms. The largest absolute Gasteiger partial charge is 0.497 e. The summed E-state index contributed by atoms with van der Waals surface area (Å²) in [6, 6.07) is 12.2. The highest BCUT2D eigenvalue weighted by molar-refractivity contribution is 5.84. The van der Waals surface area contributed by atoms with Crippen LogP contribution in [0.1, 0.15) is 30.5 Å². The van der Waals surface area contributed by atoms with Crippen molar-refractivity contribution in [2.45, 2.75) is 25.7 Å². The van der Waals surface area contributed by atoms with E-state index in [0.29, 0.717) is 0 Å². The van der Waals surface area contributed by atoms with Crippen molar-refractivity contribution in [3.05, 3.63) is 59.2 Å². The van der Waals surface area contributed by atoms with E-state index in [1.165, 1.54) is 16.7 Å². The topological polar surface area (TPSA) is 44.5 Å². The van der Waals surface area contributed by atoms with Crippen LogP contribution in [0.25, 0.3) is 5.57 Å². The minimum atomic E-state index is -0.109. The predicted molar refractivity (Wildman–Crippen MR) is 95.1 cm³/mol. The number of nitrogen functional groups attached to an aromatic ring is 1. The number of hydrogen-bond acceptors (Lipinski definition) is 3. The molecule has 0 aliphatic heterocycles. The highest BCUT2D eigenvalue weighted by atomic mass is 16.5. The van der Waals surface area contributed by atoms with E-state index < -0.39 is 0 Å². The van der Waals surface area contributed by atoms with Gasteiger partial charge in [0.15, 0.2) is 0 Å². The number of fused-ring (bicyclic) bond motifs is 1. The zero-order valence-corrected chi connectivity index (χ0v) is 14.1. The second-order valence-electron chi connectivity index (χ2n) is 6.42. The van der Waals surface area contributed by atoms with Gasteiger partial charge in [-0.05, 0) is 47.4 Å². The number of allylic oxidation sites excluding steroid dienone is 2. The van der Waals surface area contributed by atoms with Crippen LogP contribution >= 0.6 is 0 Å². The van der Waals surface area contributed by atoms with Crippen LogP contribution < -0.4 is 15.2 Å². The summed E-state index contributed by atoms with van der Waals surface area (Å²) in [6.07, 6.45) is 3.16. The summed E-state index contributed by atoms with van der Waals surface area (Å²) >= 11 is 0. The fourth-order valence-corrected chi connectivity index (χ4v) is 3.45. The third-order valence-corrected chi connectivity index (χ3v) is 4.73. The Balaban J connectivity index is 2.07. The van der Waals surface area contributed by atoms with Gasteiger partial charge in [-0.2, -0.15) is 0 Å². The summed E-state index contributed by atoms with van der Waals surface area (Å²) in [5.74, 6) is 1.69. The molecule has 0 fully saturated rings. The third kappa shape index (κ3) is 2.56. The second kappa shape index (κ2) is 5.65. The molecular formula is C20H23NO2. The average Bonchev–Trinajstić information content (AvgIpc) is 2.55. The minimum Gasteiger partial charge on any atom is -0.497 e. The lowest BCUT2D eigenvalue weighted by Gasteiger charge is -2.35. The van der Waals surface area contributed by atoms with E-state index in [0.717, 1.165) is 29.2 Å². The molecule has 3 nitrogen and oxygen atoms in total. The van der Waals surface area contributed by atoms with Gasteiger partial charge >= 0.3 is 0 Å². The molecule has 23 heavy (non-hydrogen) atoms. The Labute approximate surface area is 137 Å². The maximum absolute atomic E-state index is 6.27. The van der Waals surface area contributed by atoms with Gasteiger partial charge in [0.05, 0.1) is 14.2 Å². The molecule has 0 saturated heterocycles. The summed E-state index contributed by atoms with van der Waals surface area (Å²) in [5.41, 5.74) is 11.9. The molecule has 2 aromatic carbocycles. The summed E-state index contributed by atoms with van der Waals surface area (Å²) < 4.78 is 10.6. The first-order valence-electron chi connectivity index (χ1n) is 7.79. The first-order valence-corrected chi connectivity index (χ1v) is 7.79. The molecule has 1 aliphatic rings. The van der Waals surface area contributed by atoms with Crippen molar-refractivity contribution >= 4 is 11.3 Å². The van der Waals surface area contributed by atoms with Crippen molar-refractivity contribution in [1.82, 2.24) is 0 Å². The maximum atomic E-state index is 6.27. The summed E-state index contributed by atoms with van der Waals surface area (Å²) in [5, 5.41) is 0. The lowest BCUT2D eigenvalue weighted by molar-refractivity contribution is 0.413. The smallest absolute Gasteiger partial charge is 0.120 e. The Bertz CT molecular complexity index is 775. The van der Waals surface area contributed by atoms with Crippen molar-refractivity contribution in [1.29, 1.82) is 0 Å². The molecule has 0 heterocycles. The van der Waals surface area contributed by atoms with Crippen LogP contribution in [-0.4, -0.2) is 14.2 Å². The average molecular weight is 309 g/mol. The number of anilines is 1. The van der Waals surface area contributed by atoms with Gasteiger partial charge in [-0.1, -0.05) is 26.0 Å². The van der Waals surface area contributed by atoms with Crippen LogP contribution in [0, 0.1) is 0 Å². The van der Waals surface area contributed by atoms with Crippen LogP contribution in [0.5, 0.6) is 11.5 Å². The number of hydrogen-bond donors (Lipinski definition) is 1. The van der Waals surface area contributed by atoms with Gasteiger partial charge in [0, 0.05) is 22.7 Å². The van der Waals surface area contributed by atoms with Crippen LogP contribution in [0.4, 0.5) is 5.69 Å². The summed E-state index contributed by atoms with van der Waals surface area (Å²) in [4.78, 5) is 0. The van der Waals surface area contributed by atoms with Crippen LogP contribution in [0.15, 0.2) is 42.5 Å². The molecule has 0 unspecified atom stereocenters. The molecule has 3 rings (SSSR count). The number of nitrogens with two attached hydrogens (primary N) is 1.